The standard InChI is InChI=1S/C24H27FN2O6/c1-2-31-24(30)27-12-10-20(11-13-27)26-22(28)16-33-23(29)18-4-3-5-21(14-18)32-15-17-6-8-19(25)9-7-17/h3-9,14,20H,2,10-13,15-16H2,1H3,(H,26,28). The number of rotatable bonds is 8. The minimum atomic E-state index is -0.644. The molecule has 0 atom stereocenters. The first-order chi connectivity index (χ1) is 15.9. The van der Waals surface area contributed by atoms with E-state index in [0.29, 0.717) is 38.3 Å². The molecule has 0 saturated carbocycles. The number of amides is 2. The lowest BCUT2D eigenvalue weighted by Gasteiger charge is -2.31. The fourth-order valence-electron chi connectivity index (χ4n) is 3.37. The van der Waals surface area contributed by atoms with E-state index in [4.69, 9.17) is 14.2 Å². The summed E-state index contributed by atoms with van der Waals surface area (Å²) in [6.45, 7) is 2.88. The van der Waals surface area contributed by atoms with Crippen LogP contribution in [0, 0.1) is 5.82 Å². The van der Waals surface area contributed by atoms with Crippen molar-refractivity contribution in [1.82, 2.24) is 10.2 Å². The third kappa shape index (κ3) is 7.48. The first-order valence-electron chi connectivity index (χ1n) is 10.8. The van der Waals surface area contributed by atoms with Gasteiger partial charge in [-0.15, -0.1) is 0 Å². The number of carbonyl (C=O) groups excluding carboxylic acids is 3. The van der Waals surface area contributed by atoms with E-state index in [1.54, 1.807) is 42.2 Å². The van der Waals surface area contributed by atoms with E-state index in [-0.39, 0.29) is 30.1 Å². The highest BCUT2D eigenvalue weighted by Crippen LogP contribution is 2.16. The second-order valence-electron chi connectivity index (χ2n) is 7.55. The number of hydrogen-bond donors (Lipinski definition) is 1. The highest BCUT2D eigenvalue weighted by Gasteiger charge is 2.24. The van der Waals surface area contributed by atoms with E-state index in [0.717, 1.165) is 5.56 Å². The molecule has 1 N–H and O–H groups in total. The average molecular weight is 458 g/mol. The minimum absolute atomic E-state index is 0.0925. The van der Waals surface area contributed by atoms with Gasteiger partial charge in [0.25, 0.3) is 5.91 Å². The lowest BCUT2D eigenvalue weighted by atomic mass is 10.1. The van der Waals surface area contributed by atoms with Gasteiger partial charge in [-0.1, -0.05) is 18.2 Å². The van der Waals surface area contributed by atoms with Crippen LogP contribution in [-0.4, -0.2) is 55.2 Å². The minimum Gasteiger partial charge on any atom is -0.489 e. The van der Waals surface area contributed by atoms with Crippen LogP contribution in [0.5, 0.6) is 5.75 Å². The molecule has 1 aliphatic rings. The molecule has 1 aliphatic heterocycles. The van der Waals surface area contributed by atoms with Gasteiger partial charge >= 0.3 is 12.1 Å². The molecule has 1 fully saturated rings. The van der Waals surface area contributed by atoms with Gasteiger partial charge in [-0.2, -0.15) is 0 Å². The quantitative estimate of drug-likeness (QED) is 0.610. The van der Waals surface area contributed by atoms with Crippen molar-refractivity contribution in [3.8, 4) is 5.75 Å². The zero-order valence-electron chi connectivity index (χ0n) is 18.4. The Morgan fingerprint density at radius 2 is 1.79 bits per heavy atom. The van der Waals surface area contributed by atoms with Crippen molar-refractivity contribution in [2.24, 2.45) is 0 Å². The Bertz CT molecular complexity index is 958. The third-order valence-corrected chi connectivity index (χ3v) is 5.11. The summed E-state index contributed by atoms with van der Waals surface area (Å²) in [4.78, 5) is 37.8. The molecule has 1 heterocycles. The molecule has 3 rings (SSSR count). The van der Waals surface area contributed by atoms with Crippen LogP contribution in [0.15, 0.2) is 48.5 Å². The second-order valence-corrected chi connectivity index (χ2v) is 7.55. The van der Waals surface area contributed by atoms with Gasteiger partial charge in [-0.3, -0.25) is 4.79 Å². The summed E-state index contributed by atoms with van der Waals surface area (Å²) >= 11 is 0. The van der Waals surface area contributed by atoms with Gasteiger partial charge in [0.2, 0.25) is 0 Å². The van der Waals surface area contributed by atoms with Crippen LogP contribution in [-0.2, 0) is 20.9 Å². The molecule has 2 amide bonds. The second kappa shape index (κ2) is 11.8. The topological polar surface area (TPSA) is 94.2 Å². The molecule has 0 aliphatic carbocycles. The van der Waals surface area contributed by atoms with Crippen LogP contribution >= 0.6 is 0 Å². The lowest BCUT2D eigenvalue weighted by molar-refractivity contribution is -0.125. The van der Waals surface area contributed by atoms with Crippen molar-refractivity contribution in [3.05, 3.63) is 65.5 Å². The molecule has 8 nitrogen and oxygen atoms in total. The highest BCUT2D eigenvalue weighted by molar-refractivity contribution is 5.91. The van der Waals surface area contributed by atoms with Crippen molar-refractivity contribution in [2.45, 2.75) is 32.4 Å². The number of nitrogens with zero attached hydrogens (tertiary/aromatic N) is 1. The summed E-state index contributed by atoms with van der Waals surface area (Å²) in [5.74, 6) is -0.919. The van der Waals surface area contributed by atoms with Crippen LogP contribution in [0.25, 0.3) is 0 Å². The molecule has 0 aromatic heterocycles. The van der Waals surface area contributed by atoms with Gasteiger partial charge in [0.15, 0.2) is 6.61 Å². The number of ether oxygens (including phenoxy) is 3. The molecule has 2 aromatic rings. The van der Waals surface area contributed by atoms with Gasteiger partial charge < -0.3 is 24.4 Å². The van der Waals surface area contributed by atoms with E-state index in [2.05, 4.69) is 5.32 Å². The van der Waals surface area contributed by atoms with Crippen LogP contribution < -0.4 is 10.1 Å². The molecule has 1 saturated heterocycles. The number of esters is 1. The molecule has 0 radical (unpaired) electrons. The molecule has 0 unspecified atom stereocenters. The number of nitrogens with one attached hydrogen (secondary N) is 1. The summed E-state index contributed by atoms with van der Waals surface area (Å²) in [6, 6.07) is 12.3. The summed E-state index contributed by atoms with van der Waals surface area (Å²) in [7, 11) is 0. The Labute approximate surface area is 191 Å². The Kier molecular flexibility index (Phi) is 8.63. The maximum Gasteiger partial charge on any atom is 0.409 e. The Hall–Kier alpha value is -3.62. The van der Waals surface area contributed by atoms with Crippen molar-refractivity contribution in [1.29, 1.82) is 0 Å². The fourth-order valence-corrected chi connectivity index (χ4v) is 3.37. The largest absolute Gasteiger partial charge is 0.489 e. The normalized spacial score (nSPS) is 13.8. The molecule has 0 bridgehead atoms. The lowest BCUT2D eigenvalue weighted by Crippen LogP contribution is -2.47. The Morgan fingerprint density at radius 3 is 2.48 bits per heavy atom. The summed E-state index contributed by atoms with van der Waals surface area (Å²) in [6.07, 6.45) is 0.859. The fraction of sp³-hybridized carbons (Fsp3) is 0.375. The van der Waals surface area contributed by atoms with E-state index in [1.807, 2.05) is 0 Å². The number of hydrogen-bond acceptors (Lipinski definition) is 6. The van der Waals surface area contributed by atoms with Crippen LogP contribution in [0.1, 0.15) is 35.7 Å². The first-order valence-corrected chi connectivity index (χ1v) is 10.8. The van der Waals surface area contributed by atoms with E-state index in [1.165, 1.54) is 18.2 Å². The number of likely N-dealkylation sites (tertiary alicyclic amines) is 1. The molecule has 2 aromatic carbocycles. The van der Waals surface area contributed by atoms with Gasteiger partial charge in [0, 0.05) is 19.1 Å². The van der Waals surface area contributed by atoms with Crippen LogP contribution in [0.4, 0.5) is 9.18 Å². The van der Waals surface area contributed by atoms with Crippen molar-refractivity contribution in [3.63, 3.8) is 0 Å². The maximum atomic E-state index is 13.0. The van der Waals surface area contributed by atoms with Gasteiger partial charge in [0.1, 0.15) is 18.2 Å². The highest BCUT2D eigenvalue weighted by atomic mass is 19.1. The number of halogens is 1. The summed E-state index contributed by atoms with van der Waals surface area (Å²) in [5.41, 5.74) is 1.04. The van der Waals surface area contributed by atoms with Crippen LogP contribution in [0.3, 0.4) is 0 Å². The van der Waals surface area contributed by atoms with Gasteiger partial charge in [0.05, 0.1) is 12.2 Å². The first kappa shape index (κ1) is 24.0. The molecule has 9 heteroatoms. The predicted molar refractivity (Wildman–Crippen MR) is 117 cm³/mol. The zero-order valence-corrected chi connectivity index (χ0v) is 18.4. The predicted octanol–water partition coefficient (Wildman–Crippen LogP) is 3.30. The average Bonchev–Trinajstić information content (AvgIpc) is 2.83. The van der Waals surface area contributed by atoms with Gasteiger partial charge in [-0.25, -0.2) is 14.0 Å². The number of benzene rings is 2. The SMILES string of the molecule is CCOC(=O)N1CCC(NC(=O)COC(=O)c2cccc(OCc3ccc(F)cc3)c2)CC1. The van der Waals surface area contributed by atoms with Crippen molar-refractivity contribution < 1.29 is 33.0 Å². The summed E-state index contributed by atoms with van der Waals surface area (Å²) in [5, 5.41) is 2.82. The molecular formula is C24H27FN2O6. The Morgan fingerprint density at radius 1 is 1.06 bits per heavy atom. The molecule has 176 valence electrons. The monoisotopic (exact) mass is 458 g/mol. The smallest absolute Gasteiger partial charge is 0.409 e. The number of carbonyl (C=O) groups is 3. The molecular weight excluding hydrogens is 431 g/mol. The van der Waals surface area contributed by atoms with Gasteiger partial charge in [-0.05, 0) is 55.7 Å². The zero-order chi connectivity index (χ0) is 23.6. The third-order valence-electron chi connectivity index (χ3n) is 5.11. The summed E-state index contributed by atoms with van der Waals surface area (Å²) < 4.78 is 28.7. The van der Waals surface area contributed by atoms with Crippen molar-refractivity contribution in [2.75, 3.05) is 26.3 Å². The maximum absolute atomic E-state index is 13.0. The molecule has 33 heavy (non-hydrogen) atoms. The number of piperidine rings is 1. The van der Waals surface area contributed by atoms with E-state index in [9.17, 15) is 18.8 Å². The van der Waals surface area contributed by atoms with Crippen molar-refractivity contribution >= 4 is 18.0 Å². The van der Waals surface area contributed by atoms with E-state index < -0.39 is 18.5 Å². The Balaban J connectivity index is 1.41. The van der Waals surface area contributed by atoms with Crippen LogP contribution in [0.2, 0.25) is 0 Å². The molecule has 0 spiro atoms. The van der Waals surface area contributed by atoms with E-state index >= 15 is 0 Å².